The first-order valence-electron chi connectivity index (χ1n) is 17.4. The summed E-state index contributed by atoms with van der Waals surface area (Å²) >= 11 is 0. The summed E-state index contributed by atoms with van der Waals surface area (Å²) in [5.74, 6) is 2.51. The SMILES string of the molecule is CCC(Oc1ccc(OC)cc1)C(=O)NCC(C)c1nc2n(n1)N=C(C(C)(C)C)/C2=N/c1cc2c(cc1C)N(CCCO)C(C)(C)CC2C. The molecule has 49 heavy (non-hydrogen) atoms. The van der Waals surface area contributed by atoms with Crippen molar-refractivity contribution in [3.63, 3.8) is 0 Å². The number of methoxy groups -OCH3 is 1. The minimum atomic E-state index is -0.631. The van der Waals surface area contributed by atoms with Gasteiger partial charge in [-0.3, -0.25) is 4.79 Å². The topological polar surface area (TPSA) is 126 Å². The van der Waals surface area contributed by atoms with E-state index in [-0.39, 0.29) is 29.4 Å². The molecule has 3 aromatic rings. The van der Waals surface area contributed by atoms with E-state index in [1.165, 1.54) is 11.3 Å². The summed E-state index contributed by atoms with van der Waals surface area (Å²) in [7, 11) is 1.61. The van der Waals surface area contributed by atoms with Gasteiger partial charge in [-0.25, -0.2) is 9.98 Å². The van der Waals surface area contributed by atoms with Gasteiger partial charge < -0.3 is 24.8 Å². The van der Waals surface area contributed by atoms with Gasteiger partial charge in [-0.15, -0.1) is 9.89 Å². The molecule has 0 fully saturated rings. The molecule has 2 aliphatic rings. The van der Waals surface area contributed by atoms with E-state index < -0.39 is 6.10 Å². The van der Waals surface area contributed by atoms with Crippen LogP contribution >= 0.6 is 0 Å². The van der Waals surface area contributed by atoms with E-state index in [2.05, 4.69) is 70.8 Å². The standard InChI is InChI=1S/C38H53N7O4/c1-11-31(49-27-15-13-26(48-10)14-16-27)36(47)39-22-25(4)34-41-35-32(33(37(5,6)7)42-45(35)43-34)40-29-20-28-24(3)21-38(8,9)44(17-12-18-46)30(28)19-23(29)2/h13-16,19-20,24-25,31,46H,11-12,17-18,21-22H2,1-10H3,(H,39,47)/b40-32-. The molecule has 264 valence electrons. The first-order valence-corrected chi connectivity index (χ1v) is 17.4. The highest BCUT2D eigenvalue weighted by Crippen LogP contribution is 2.46. The smallest absolute Gasteiger partial charge is 0.261 e. The summed E-state index contributed by atoms with van der Waals surface area (Å²) < 4.78 is 11.2. The number of fused-ring (bicyclic) bond motifs is 2. The molecule has 2 N–H and O–H groups in total. The Morgan fingerprint density at radius 3 is 2.51 bits per heavy atom. The number of aryl methyl sites for hydroxylation is 1. The van der Waals surface area contributed by atoms with Gasteiger partial charge in [0.2, 0.25) is 5.82 Å². The second kappa shape index (κ2) is 14.3. The predicted octanol–water partition coefficient (Wildman–Crippen LogP) is 6.53. The van der Waals surface area contributed by atoms with Gasteiger partial charge in [-0.05, 0) is 93.5 Å². The summed E-state index contributed by atoms with van der Waals surface area (Å²) in [4.78, 5) is 27.3. The lowest BCUT2D eigenvalue weighted by Gasteiger charge is -2.48. The number of aromatic nitrogens is 3. The molecule has 0 radical (unpaired) electrons. The highest BCUT2D eigenvalue weighted by Gasteiger charge is 2.38. The molecule has 1 amide bonds. The van der Waals surface area contributed by atoms with Crippen LogP contribution in [0.1, 0.15) is 109 Å². The second-order valence-corrected chi connectivity index (χ2v) is 15.0. The van der Waals surface area contributed by atoms with Crippen molar-refractivity contribution in [3.8, 4) is 11.5 Å². The van der Waals surface area contributed by atoms with E-state index in [4.69, 9.17) is 29.7 Å². The molecule has 0 saturated carbocycles. The molecular weight excluding hydrogens is 618 g/mol. The van der Waals surface area contributed by atoms with Crippen molar-refractivity contribution in [1.82, 2.24) is 20.2 Å². The first kappa shape index (κ1) is 36.0. The zero-order valence-corrected chi connectivity index (χ0v) is 30.8. The van der Waals surface area contributed by atoms with Gasteiger partial charge in [0.15, 0.2) is 11.9 Å². The second-order valence-electron chi connectivity index (χ2n) is 15.0. The molecule has 0 saturated heterocycles. The molecule has 0 bridgehead atoms. The van der Waals surface area contributed by atoms with Crippen LogP contribution in [0.15, 0.2) is 46.5 Å². The van der Waals surface area contributed by atoms with Gasteiger partial charge in [-0.1, -0.05) is 41.5 Å². The zero-order valence-electron chi connectivity index (χ0n) is 30.8. The fourth-order valence-electron chi connectivity index (χ4n) is 6.72. The average molecular weight is 672 g/mol. The largest absolute Gasteiger partial charge is 0.497 e. The number of anilines is 1. The molecule has 3 heterocycles. The number of rotatable bonds is 12. The van der Waals surface area contributed by atoms with Crippen molar-refractivity contribution in [2.45, 2.75) is 105 Å². The number of benzene rings is 2. The van der Waals surface area contributed by atoms with Crippen LogP contribution in [0, 0.1) is 12.3 Å². The van der Waals surface area contributed by atoms with E-state index in [1.54, 1.807) is 36.2 Å². The van der Waals surface area contributed by atoms with E-state index in [9.17, 15) is 9.90 Å². The Balaban J connectivity index is 1.38. The van der Waals surface area contributed by atoms with Gasteiger partial charge in [-0.2, -0.15) is 5.10 Å². The van der Waals surface area contributed by atoms with Crippen LogP contribution in [-0.4, -0.2) is 75.8 Å². The molecule has 3 atom stereocenters. The number of aliphatic hydroxyl groups excluding tert-OH is 1. The third-order valence-electron chi connectivity index (χ3n) is 9.45. The number of amides is 1. The number of aliphatic imine (C=N–C) groups is 1. The normalized spacial score (nSPS) is 18.8. The number of ether oxygens (including phenoxy) is 2. The summed E-state index contributed by atoms with van der Waals surface area (Å²) in [5, 5.41) is 22.2. The van der Waals surface area contributed by atoms with Crippen LogP contribution < -0.4 is 19.7 Å². The van der Waals surface area contributed by atoms with Crippen molar-refractivity contribution < 1.29 is 19.4 Å². The third-order valence-corrected chi connectivity index (χ3v) is 9.45. The van der Waals surface area contributed by atoms with Crippen molar-refractivity contribution in [2.24, 2.45) is 15.5 Å². The fourth-order valence-corrected chi connectivity index (χ4v) is 6.72. The maximum Gasteiger partial charge on any atom is 0.261 e. The molecule has 2 aliphatic heterocycles. The minimum Gasteiger partial charge on any atom is -0.497 e. The molecule has 11 heteroatoms. The van der Waals surface area contributed by atoms with Crippen LogP contribution in [0.3, 0.4) is 0 Å². The number of carbonyl (C=O) groups is 1. The Morgan fingerprint density at radius 1 is 1.18 bits per heavy atom. The van der Waals surface area contributed by atoms with Crippen molar-refractivity contribution >= 4 is 28.7 Å². The zero-order chi connectivity index (χ0) is 35.7. The Morgan fingerprint density at radius 2 is 1.88 bits per heavy atom. The maximum atomic E-state index is 13.1. The predicted molar refractivity (Wildman–Crippen MR) is 195 cm³/mol. The summed E-state index contributed by atoms with van der Waals surface area (Å²) in [6, 6.07) is 11.7. The Bertz CT molecular complexity index is 1720. The number of carbonyl (C=O) groups excluding carboxylic acids is 1. The Kier molecular flexibility index (Phi) is 10.5. The van der Waals surface area contributed by atoms with Crippen molar-refractivity contribution in [1.29, 1.82) is 0 Å². The van der Waals surface area contributed by atoms with E-state index in [0.717, 1.165) is 42.1 Å². The lowest BCUT2D eigenvalue weighted by molar-refractivity contribution is -0.128. The lowest BCUT2D eigenvalue weighted by Crippen LogP contribution is -2.49. The minimum absolute atomic E-state index is 0.0110. The number of hydrogen-bond donors (Lipinski definition) is 2. The molecular formula is C38H53N7O4. The highest BCUT2D eigenvalue weighted by atomic mass is 16.5. The van der Waals surface area contributed by atoms with Gasteiger partial charge in [0, 0.05) is 42.3 Å². The lowest BCUT2D eigenvalue weighted by atomic mass is 9.79. The Hall–Kier alpha value is -4.25. The molecule has 3 unspecified atom stereocenters. The van der Waals surface area contributed by atoms with Gasteiger partial charge in [0.05, 0.1) is 18.5 Å². The number of nitrogens with zero attached hydrogens (tertiary/aromatic N) is 6. The van der Waals surface area contributed by atoms with Crippen molar-refractivity contribution in [2.75, 3.05) is 31.7 Å². The van der Waals surface area contributed by atoms with E-state index in [1.807, 2.05) is 13.8 Å². The monoisotopic (exact) mass is 671 g/mol. The molecule has 2 aromatic carbocycles. The van der Waals surface area contributed by atoms with Crippen LogP contribution in [0.4, 0.5) is 11.4 Å². The molecule has 1 aromatic heterocycles. The average Bonchev–Trinajstić information content (AvgIpc) is 3.62. The summed E-state index contributed by atoms with van der Waals surface area (Å²) in [5.41, 5.74) is 5.68. The molecule has 0 spiro atoms. The van der Waals surface area contributed by atoms with Crippen LogP contribution in [0.5, 0.6) is 11.5 Å². The summed E-state index contributed by atoms with van der Waals surface area (Å²) in [6.45, 7) is 20.5. The highest BCUT2D eigenvalue weighted by molar-refractivity contribution is 6.50. The quantitative estimate of drug-likeness (QED) is 0.224. The van der Waals surface area contributed by atoms with Gasteiger partial charge in [0.1, 0.15) is 17.2 Å². The van der Waals surface area contributed by atoms with Crippen molar-refractivity contribution in [3.05, 3.63) is 59.2 Å². The maximum absolute atomic E-state index is 13.1. The van der Waals surface area contributed by atoms with Gasteiger partial charge >= 0.3 is 0 Å². The first-order chi connectivity index (χ1) is 23.2. The number of nitrogens with one attached hydrogen (secondary N) is 1. The van der Waals surface area contributed by atoms with E-state index >= 15 is 0 Å². The van der Waals surface area contributed by atoms with E-state index in [0.29, 0.717) is 42.0 Å². The van der Waals surface area contributed by atoms with Crippen LogP contribution in [0.25, 0.3) is 0 Å². The molecule has 0 aliphatic carbocycles. The molecule has 11 nitrogen and oxygen atoms in total. The van der Waals surface area contributed by atoms with Gasteiger partial charge in [0.25, 0.3) is 5.91 Å². The number of hydrogen-bond acceptors (Lipinski definition) is 9. The molecule has 5 rings (SSSR count). The fraction of sp³-hybridized carbons (Fsp3) is 0.553. The Labute approximate surface area is 290 Å². The summed E-state index contributed by atoms with van der Waals surface area (Å²) in [6.07, 6.45) is 1.63. The van der Waals surface area contributed by atoms with Crippen LogP contribution in [-0.2, 0) is 4.79 Å². The number of aliphatic hydroxyl groups is 1. The third kappa shape index (κ3) is 7.66. The van der Waals surface area contributed by atoms with Crippen LogP contribution in [0.2, 0.25) is 0 Å².